The van der Waals surface area contributed by atoms with Crippen LogP contribution < -0.4 is 0 Å². The van der Waals surface area contributed by atoms with Gasteiger partial charge in [-0.05, 0) is 84.8 Å². The molecule has 182 valence electrons. The summed E-state index contributed by atoms with van der Waals surface area (Å²) in [6.45, 7) is 0. The van der Waals surface area contributed by atoms with Gasteiger partial charge in [-0.25, -0.2) is 0 Å². The van der Waals surface area contributed by atoms with Crippen molar-refractivity contribution in [2.75, 3.05) is 0 Å². The van der Waals surface area contributed by atoms with Crippen molar-refractivity contribution in [1.29, 1.82) is 0 Å². The lowest BCUT2D eigenvalue weighted by Gasteiger charge is -2.17. The fraction of sp³-hybridized carbons (Fsp3) is 0.111. The fourth-order valence-electron chi connectivity index (χ4n) is 6.64. The summed E-state index contributed by atoms with van der Waals surface area (Å²) in [6, 6.07) is 44.4. The maximum atomic E-state index is 2.52. The summed E-state index contributed by atoms with van der Waals surface area (Å²) in [5.41, 5.74) is 11.8. The van der Waals surface area contributed by atoms with E-state index in [4.69, 9.17) is 0 Å². The Morgan fingerprint density at radius 3 is 1.55 bits per heavy atom. The summed E-state index contributed by atoms with van der Waals surface area (Å²) in [5.74, 6) is 0. The van der Waals surface area contributed by atoms with E-state index in [-0.39, 0.29) is 0 Å². The van der Waals surface area contributed by atoms with Gasteiger partial charge < -0.3 is 9.13 Å². The number of rotatable bonds is 3. The van der Waals surface area contributed by atoms with Crippen LogP contribution in [0.3, 0.4) is 0 Å². The number of benzene rings is 5. The van der Waals surface area contributed by atoms with Gasteiger partial charge in [-0.3, -0.25) is 0 Å². The molecular formula is C36H28N2. The lowest BCUT2D eigenvalue weighted by molar-refractivity contribution is 0.667. The Morgan fingerprint density at radius 1 is 0.421 bits per heavy atom. The minimum absolute atomic E-state index is 1.15. The van der Waals surface area contributed by atoms with Gasteiger partial charge in [-0.15, -0.1) is 0 Å². The molecule has 7 aromatic rings. The predicted molar refractivity (Wildman–Crippen MR) is 160 cm³/mol. The molecule has 0 saturated heterocycles. The van der Waals surface area contributed by atoms with E-state index in [0.717, 1.165) is 6.42 Å². The average molecular weight is 489 g/mol. The van der Waals surface area contributed by atoms with E-state index >= 15 is 0 Å². The summed E-state index contributed by atoms with van der Waals surface area (Å²) in [7, 11) is 0. The maximum Gasteiger partial charge on any atom is 0.0541 e. The van der Waals surface area contributed by atoms with Crippen molar-refractivity contribution in [1.82, 2.24) is 9.13 Å². The Hall–Kier alpha value is -4.56. The van der Waals surface area contributed by atoms with E-state index < -0.39 is 0 Å². The molecule has 8 rings (SSSR count). The summed E-state index contributed by atoms with van der Waals surface area (Å²) >= 11 is 0. The number of hydrogen-bond donors (Lipinski definition) is 0. The molecule has 0 fully saturated rings. The molecule has 0 atom stereocenters. The first-order valence-electron chi connectivity index (χ1n) is 13.7. The lowest BCUT2D eigenvalue weighted by atomic mass is 9.95. The Labute approximate surface area is 222 Å². The van der Waals surface area contributed by atoms with Crippen molar-refractivity contribution in [3.05, 3.63) is 133 Å². The summed E-state index contributed by atoms with van der Waals surface area (Å²) in [6.07, 6.45) is 4.89. The highest BCUT2D eigenvalue weighted by Crippen LogP contribution is 2.36. The highest BCUT2D eigenvalue weighted by atomic mass is 15.0. The lowest BCUT2D eigenvalue weighted by Crippen LogP contribution is -2.07. The fourth-order valence-corrected chi connectivity index (χ4v) is 6.64. The summed E-state index contributed by atoms with van der Waals surface area (Å²) in [5, 5.41) is 4.00. The zero-order valence-electron chi connectivity index (χ0n) is 21.3. The SMILES string of the molecule is c1cc(-c2cccc(-n3c4ccccc4c4ccccc43)c2)cc(-n2c3c(c4ccccc42)CCCC3)c1. The van der Waals surface area contributed by atoms with Crippen molar-refractivity contribution in [2.24, 2.45) is 0 Å². The zero-order valence-corrected chi connectivity index (χ0v) is 21.3. The monoisotopic (exact) mass is 488 g/mol. The van der Waals surface area contributed by atoms with E-state index in [1.54, 1.807) is 5.56 Å². The summed E-state index contributed by atoms with van der Waals surface area (Å²) < 4.78 is 4.91. The molecule has 0 spiro atoms. The number of fused-ring (bicyclic) bond motifs is 6. The van der Waals surface area contributed by atoms with Gasteiger partial charge in [0.15, 0.2) is 0 Å². The molecule has 38 heavy (non-hydrogen) atoms. The van der Waals surface area contributed by atoms with Crippen LogP contribution in [-0.4, -0.2) is 9.13 Å². The van der Waals surface area contributed by atoms with Crippen molar-refractivity contribution < 1.29 is 0 Å². The Balaban J connectivity index is 1.29. The van der Waals surface area contributed by atoms with E-state index in [1.165, 1.54) is 80.2 Å². The van der Waals surface area contributed by atoms with E-state index in [0.29, 0.717) is 0 Å². The largest absolute Gasteiger partial charge is 0.313 e. The van der Waals surface area contributed by atoms with Crippen LogP contribution in [0.1, 0.15) is 24.1 Å². The third-order valence-electron chi connectivity index (χ3n) is 8.30. The van der Waals surface area contributed by atoms with Crippen LogP contribution in [0.2, 0.25) is 0 Å². The smallest absolute Gasteiger partial charge is 0.0541 e. The van der Waals surface area contributed by atoms with Crippen molar-refractivity contribution in [3.8, 4) is 22.5 Å². The van der Waals surface area contributed by atoms with Gasteiger partial charge in [0, 0.05) is 33.2 Å². The number of hydrogen-bond acceptors (Lipinski definition) is 0. The second-order valence-corrected chi connectivity index (χ2v) is 10.5. The van der Waals surface area contributed by atoms with Gasteiger partial charge in [-0.1, -0.05) is 78.9 Å². The van der Waals surface area contributed by atoms with Gasteiger partial charge >= 0.3 is 0 Å². The first-order chi connectivity index (χ1) is 18.9. The zero-order chi connectivity index (χ0) is 25.1. The minimum atomic E-state index is 1.15. The van der Waals surface area contributed by atoms with Crippen molar-refractivity contribution in [3.63, 3.8) is 0 Å². The normalized spacial score (nSPS) is 13.4. The maximum absolute atomic E-state index is 2.52. The molecular weight excluding hydrogens is 460 g/mol. The third kappa shape index (κ3) is 3.20. The molecule has 0 unspecified atom stereocenters. The summed E-state index contributed by atoms with van der Waals surface area (Å²) in [4.78, 5) is 0. The average Bonchev–Trinajstić information content (AvgIpc) is 3.51. The second kappa shape index (κ2) is 8.49. The molecule has 2 heteroatoms. The molecule has 0 aliphatic heterocycles. The second-order valence-electron chi connectivity index (χ2n) is 10.5. The number of nitrogens with zero attached hydrogens (tertiary/aromatic N) is 2. The van der Waals surface area contributed by atoms with Crippen LogP contribution in [0.4, 0.5) is 0 Å². The van der Waals surface area contributed by atoms with E-state index in [2.05, 4.69) is 130 Å². The van der Waals surface area contributed by atoms with Gasteiger partial charge in [-0.2, -0.15) is 0 Å². The molecule has 1 aliphatic rings. The van der Waals surface area contributed by atoms with E-state index in [1.807, 2.05) is 0 Å². The third-order valence-corrected chi connectivity index (χ3v) is 8.30. The van der Waals surface area contributed by atoms with Crippen LogP contribution in [0.15, 0.2) is 121 Å². The molecule has 0 N–H and O–H groups in total. The Morgan fingerprint density at radius 2 is 0.921 bits per heavy atom. The molecule has 2 heterocycles. The quantitative estimate of drug-likeness (QED) is 0.234. The molecule has 2 aromatic heterocycles. The number of aryl methyl sites for hydroxylation is 1. The Kier molecular flexibility index (Phi) is 4.81. The van der Waals surface area contributed by atoms with Crippen LogP contribution >= 0.6 is 0 Å². The standard InChI is InChI=1S/C36H28N2/c1-5-19-33-29(15-1)30-16-2-6-20-34(30)37(33)27-13-9-11-25(23-27)26-12-10-14-28(24-26)38-35-21-7-3-17-31(35)32-18-4-8-22-36(32)38/h1-3,5-7,9-17,19-21,23-24H,4,8,18,22H2. The molecule has 0 saturated carbocycles. The van der Waals surface area contributed by atoms with Crippen molar-refractivity contribution >= 4 is 32.7 Å². The highest BCUT2D eigenvalue weighted by molar-refractivity contribution is 6.09. The van der Waals surface area contributed by atoms with Crippen LogP contribution in [0.5, 0.6) is 0 Å². The molecule has 5 aromatic carbocycles. The highest BCUT2D eigenvalue weighted by Gasteiger charge is 2.21. The van der Waals surface area contributed by atoms with Gasteiger partial charge in [0.1, 0.15) is 0 Å². The molecule has 1 aliphatic carbocycles. The first kappa shape index (κ1) is 21.5. The number of aromatic nitrogens is 2. The van der Waals surface area contributed by atoms with Crippen molar-refractivity contribution in [2.45, 2.75) is 25.7 Å². The molecule has 0 radical (unpaired) electrons. The van der Waals surface area contributed by atoms with Gasteiger partial charge in [0.2, 0.25) is 0 Å². The predicted octanol–water partition coefficient (Wildman–Crippen LogP) is 9.27. The molecule has 0 bridgehead atoms. The van der Waals surface area contributed by atoms with E-state index in [9.17, 15) is 0 Å². The van der Waals surface area contributed by atoms with Crippen LogP contribution in [0, 0.1) is 0 Å². The minimum Gasteiger partial charge on any atom is -0.313 e. The first-order valence-corrected chi connectivity index (χ1v) is 13.7. The molecule has 2 nitrogen and oxygen atoms in total. The Bertz CT molecular complexity index is 1930. The van der Waals surface area contributed by atoms with Gasteiger partial charge in [0.25, 0.3) is 0 Å². The van der Waals surface area contributed by atoms with Gasteiger partial charge in [0.05, 0.1) is 16.6 Å². The molecule has 0 amide bonds. The number of para-hydroxylation sites is 3. The van der Waals surface area contributed by atoms with Crippen LogP contribution in [0.25, 0.3) is 55.2 Å². The topological polar surface area (TPSA) is 9.86 Å². The van der Waals surface area contributed by atoms with Crippen LogP contribution in [-0.2, 0) is 12.8 Å².